The summed E-state index contributed by atoms with van der Waals surface area (Å²) in [5, 5.41) is 5.46. The Morgan fingerprint density at radius 2 is 1.81 bits per heavy atom. The number of benzene rings is 2. The summed E-state index contributed by atoms with van der Waals surface area (Å²) >= 11 is 7.29. The summed E-state index contributed by atoms with van der Waals surface area (Å²) in [5.41, 5.74) is 3.28. The Morgan fingerprint density at radius 1 is 1.08 bits per heavy atom. The molecule has 6 nitrogen and oxygen atoms in total. The van der Waals surface area contributed by atoms with Crippen molar-refractivity contribution in [2.24, 2.45) is 12.2 Å². The number of nitrogens with zero attached hydrogens (tertiary/aromatic N) is 2. The molecule has 0 spiro atoms. The maximum Gasteiger partial charge on any atom is 0.348 e. The number of halogens is 2. The first-order valence-corrected chi connectivity index (χ1v) is 12.9. The molecule has 0 saturated carbocycles. The SMILES string of the molecule is CCOC(=O)c1cc(-c2ccc([C@H](CC(N=O)c3ccc(=O)n(C)c3)c3ccc(Cl)cc3F)cc2)cs1. The smallest absolute Gasteiger partial charge is 0.348 e. The average molecular weight is 539 g/mol. The summed E-state index contributed by atoms with van der Waals surface area (Å²) in [5.74, 6) is -1.35. The summed E-state index contributed by atoms with van der Waals surface area (Å²) in [6, 6.07) is 15.9. The predicted octanol–water partition coefficient (Wildman–Crippen LogP) is 7.11. The lowest BCUT2D eigenvalue weighted by atomic mass is 9.84. The van der Waals surface area contributed by atoms with Crippen molar-refractivity contribution in [3.8, 4) is 11.1 Å². The van der Waals surface area contributed by atoms with E-state index < -0.39 is 17.8 Å². The van der Waals surface area contributed by atoms with E-state index in [9.17, 15) is 14.5 Å². The number of hydrogen-bond donors (Lipinski definition) is 0. The lowest BCUT2D eigenvalue weighted by Crippen LogP contribution is -2.16. The Kier molecular flexibility index (Phi) is 8.31. The summed E-state index contributed by atoms with van der Waals surface area (Å²) in [6.45, 7) is 2.06. The first-order valence-electron chi connectivity index (χ1n) is 11.6. The third kappa shape index (κ3) is 6.03. The first kappa shape index (κ1) is 26.4. The van der Waals surface area contributed by atoms with Gasteiger partial charge in [0.15, 0.2) is 0 Å². The Bertz CT molecular complexity index is 1480. The van der Waals surface area contributed by atoms with Crippen LogP contribution in [0.2, 0.25) is 5.02 Å². The van der Waals surface area contributed by atoms with E-state index in [0.717, 1.165) is 16.7 Å². The van der Waals surface area contributed by atoms with Gasteiger partial charge < -0.3 is 9.30 Å². The molecule has 2 aromatic heterocycles. The minimum atomic E-state index is -0.810. The number of esters is 1. The number of thiophene rings is 1. The normalized spacial score (nSPS) is 12.6. The standard InChI is InChI=1S/C28H24ClFN2O4S/c1-3-36-28(34)26-12-20(16-37-26)17-4-6-18(7-5-17)23(22-10-9-21(29)13-24(22)30)14-25(31-35)19-8-11-27(33)32(2)15-19/h4-13,15-16,23,25H,3,14H2,1-2H3/t23-,25?/m0/s1. The lowest BCUT2D eigenvalue weighted by molar-refractivity contribution is 0.0532. The molecule has 2 heterocycles. The van der Waals surface area contributed by atoms with Crippen LogP contribution in [0.25, 0.3) is 11.1 Å². The third-order valence-corrected chi connectivity index (χ3v) is 7.29. The molecule has 0 radical (unpaired) electrons. The number of rotatable bonds is 9. The van der Waals surface area contributed by atoms with Crippen LogP contribution in [0.4, 0.5) is 4.39 Å². The van der Waals surface area contributed by atoms with E-state index in [-0.39, 0.29) is 23.0 Å². The molecule has 0 bridgehead atoms. The highest BCUT2D eigenvalue weighted by molar-refractivity contribution is 7.12. The van der Waals surface area contributed by atoms with Crippen molar-refractivity contribution in [1.82, 2.24) is 4.57 Å². The van der Waals surface area contributed by atoms with Crippen LogP contribution >= 0.6 is 22.9 Å². The molecule has 0 fully saturated rings. The summed E-state index contributed by atoms with van der Waals surface area (Å²) in [6.07, 6.45) is 1.76. The van der Waals surface area contributed by atoms with E-state index in [4.69, 9.17) is 16.3 Å². The monoisotopic (exact) mass is 538 g/mol. The second kappa shape index (κ2) is 11.6. The van der Waals surface area contributed by atoms with Crippen molar-refractivity contribution in [2.45, 2.75) is 25.3 Å². The van der Waals surface area contributed by atoms with Crippen LogP contribution in [0.15, 0.2) is 82.2 Å². The van der Waals surface area contributed by atoms with Crippen LogP contribution in [0, 0.1) is 10.7 Å². The van der Waals surface area contributed by atoms with Crippen LogP contribution in [0.5, 0.6) is 0 Å². The Morgan fingerprint density at radius 3 is 2.46 bits per heavy atom. The van der Waals surface area contributed by atoms with Gasteiger partial charge in [0.2, 0.25) is 5.56 Å². The second-order valence-electron chi connectivity index (χ2n) is 8.53. The molecule has 2 atom stereocenters. The zero-order chi connectivity index (χ0) is 26.5. The van der Waals surface area contributed by atoms with Crippen molar-refractivity contribution in [3.05, 3.63) is 120 Å². The fourth-order valence-electron chi connectivity index (χ4n) is 4.21. The minimum Gasteiger partial charge on any atom is -0.462 e. The number of carbonyl (C=O) groups excluding carboxylic acids is 1. The van der Waals surface area contributed by atoms with Crippen LogP contribution in [-0.2, 0) is 11.8 Å². The number of nitroso groups, excluding NO2 is 1. The molecule has 0 aliphatic rings. The maximum atomic E-state index is 15.1. The fourth-order valence-corrected chi connectivity index (χ4v) is 5.17. The van der Waals surface area contributed by atoms with Gasteiger partial charge in [0.05, 0.1) is 6.61 Å². The first-order chi connectivity index (χ1) is 17.8. The summed E-state index contributed by atoms with van der Waals surface area (Å²) < 4.78 is 21.5. The summed E-state index contributed by atoms with van der Waals surface area (Å²) in [4.78, 5) is 36.2. The summed E-state index contributed by atoms with van der Waals surface area (Å²) in [7, 11) is 1.60. The minimum absolute atomic E-state index is 0.186. The van der Waals surface area contributed by atoms with Gasteiger partial charge in [-0.15, -0.1) is 11.3 Å². The zero-order valence-electron chi connectivity index (χ0n) is 20.2. The molecule has 2 aromatic carbocycles. The molecular weight excluding hydrogens is 515 g/mol. The molecule has 9 heteroatoms. The molecule has 4 aromatic rings. The Hall–Kier alpha value is -3.62. The van der Waals surface area contributed by atoms with Gasteiger partial charge in [-0.3, -0.25) is 4.79 Å². The van der Waals surface area contributed by atoms with Gasteiger partial charge in [-0.05, 0) is 70.8 Å². The molecule has 0 saturated heterocycles. The van der Waals surface area contributed by atoms with Crippen molar-refractivity contribution >= 4 is 28.9 Å². The Labute approximate surface area is 222 Å². The van der Waals surface area contributed by atoms with E-state index in [1.165, 1.54) is 28.0 Å². The van der Waals surface area contributed by atoms with Gasteiger partial charge in [0.25, 0.3) is 0 Å². The van der Waals surface area contributed by atoms with Crippen molar-refractivity contribution in [2.75, 3.05) is 6.61 Å². The molecular formula is C28H24ClFN2O4S. The van der Waals surface area contributed by atoms with E-state index in [1.807, 2.05) is 29.6 Å². The topological polar surface area (TPSA) is 77.7 Å². The van der Waals surface area contributed by atoms with Crippen molar-refractivity contribution in [1.29, 1.82) is 0 Å². The van der Waals surface area contributed by atoms with Crippen molar-refractivity contribution in [3.63, 3.8) is 0 Å². The molecule has 37 heavy (non-hydrogen) atoms. The largest absolute Gasteiger partial charge is 0.462 e. The van der Waals surface area contributed by atoms with E-state index in [0.29, 0.717) is 22.6 Å². The number of aryl methyl sites for hydroxylation is 1. The highest BCUT2D eigenvalue weighted by Gasteiger charge is 2.25. The molecule has 4 rings (SSSR count). The van der Waals surface area contributed by atoms with Gasteiger partial charge in [-0.1, -0.05) is 47.1 Å². The van der Waals surface area contributed by atoms with Crippen molar-refractivity contribution < 1.29 is 13.9 Å². The molecule has 0 N–H and O–H groups in total. The highest BCUT2D eigenvalue weighted by Crippen LogP contribution is 2.38. The number of pyridine rings is 1. The zero-order valence-corrected chi connectivity index (χ0v) is 21.8. The average Bonchev–Trinajstić information content (AvgIpc) is 3.38. The highest BCUT2D eigenvalue weighted by atomic mass is 35.5. The van der Waals surface area contributed by atoms with Crippen LogP contribution in [0.1, 0.15) is 51.7 Å². The predicted molar refractivity (Wildman–Crippen MR) is 144 cm³/mol. The number of ether oxygens (including phenoxy) is 1. The number of aromatic nitrogens is 1. The maximum absolute atomic E-state index is 15.1. The number of carbonyl (C=O) groups is 1. The molecule has 190 valence electrons. The molecule has 1 unspecified atom stereocenters. The van der Waals surface area contributed by atoms with Gasteiger partial charge in [-0.25, -0.2) is 9.18 Å². The van der Waals surface area contributed by atoms with Gasteiger partial charge in [0.1, 0.15) is 16.7 Å². The van der Waals surface area contributed by atoms with E-state index in [1.54, 1.807) is 44.4 Å². The second-order valence-corrected chi connectivity index (χ2v) is 9.88. The Balaban J connectivity index is 1.69. The molecule has 0 amide bonds. The van der Waals surface area contributed by atoms with E-state index in [2.05, 4.69) is 5.18 Å². The van der Waals surface area contributed by atoms with Crippen LogP contribution in [0.3, 0.4) is 0 Å². The third-order valence-electron chi connectivity index (χ3n) is 6.14. The number of hydrogen-bond acceptors (Lipinski definition) is 6. The fraction of sp³-hybridized carbons (Fsp3) is 0.214. The van der Waals surface area contributed by atoms with Gasteiger partial charge in [0, 0.05) is 30.3 Å². The van der Waals surface area contributed by atoms with Gasteiger partial charge >= 0.3 is 5.97 Å². The van der Waals surface area contributed by atoms with Crippen LogP contribution < -0.4 is 5.56 Å². The molecule has 0 aliphatic carbocycles. The van der Waals surface area contributed by atoms with E-state index >= 15 is 4.39 Å². The quantitative estimate of drug-likeness (QED) is 0.168. The molecule has 0 aliphatic heterocycles. The van der Waals surface area contributed by atoms with Crippen LogP contribution in [-0.4, -0.2) is 17.1 Å². The van der Waals surface area contributed by atoms with Gasteiger partial charge in [-0.2, -0.15) is 4.91 Å². The lowest BCUT2D eigenvalue weighted by Gasteiger charge is -2.22.